The van der Waals surface area contributed by atoms with Crippen molar-refractivity contribution in [1.82, 2.24) is 4.90 Å². The van der Waals surface area contributed by atoms with E-state index in [-0.39, 0.29) is 23.8 Å². The number of amides is 2. The number of rotatable bonds is 5. The van der Waals surface area contributed by atoms with E-state index in [2.05, 4.69) is 5.32 Å². The topological polar surface area (TPSA) is 78.7 Å². The first-order chi connectivity index (χ1) is 10.9. The lowest BCUT2D eigenvalue weighted by molar-refractivity contribution is -0.127. The van der Waals surface area contributed by atoms with Crippen molar-refractivity contribution < 1.29 is 9.59 Å². The average molecular weight is 318 g/mol. The number of primary amides is 1. The van der Waals surface area contributed by atoms with Gasteiger partial charge in [0.25, 0.3) is 0 Å². The van der Waals surface area contributed by atoms with Crippen molar-refractivity contribution in [2.45, 2.75) is 25.8 Å². The first-order valence-electron chi connectivity index (χ1n) is 8.00. The molecule has 1 aliphatic heterocycles. The molecule has 1 fully saturated rings. The second kappa shape index (κ2) is 7.46. The fourth-order valence-corrected chi connectivity index (χ4v) is 2.85. The molecule has 1 saturated heterocycles. The molecule has 2 amide bonds. The zero-order valence-electron chi connectivity index (χ0n) is 14.1. The zero-order chi connectivity index (χ0) is 17.0. The van der Waals surface area contributed by atoms with E-state index >= 15 is 0 Å². The predicted molar refractivity (Wildman–Crippen MR) is 92.4 cm³/mol. The van der Waals surface area contributed by atoms with Gasteiger partial charge in [-0.25, -0.2) is 0 Å². The Hall–Kier alpha value is -2.08. The molecule has 0 aliphatic carbocycles. The Kier molecular flexibility index (Phi) is 5.60. The molecule has 1 heterocycles. The lowest BCUT2D eigenvalue weighted by Gasteiger charge is -2.34. The molecule has 6 nitrogen and oxygen atoms in total. The third kappa shape index (κ3) is 4.45. The number of nitrogens with two attached hydrogens (primary N) is 1. The van der Waals surface area contributed by atoms with Crippen LogP contribution in [0.1, 0.15) is 19.8 Å². The Bertz CT molecular complexity index is 556. The second-order valence-electron chi connectivity index (χ2n) is 6.34. The van der Waals surface area contributed by atoms with Crippen molar-refractivity contribution >= 4 is 23.2 Å². The van der Waals surface area contributed by atoms with E-state index in [1.54, 1.807) is 0 Å². The number of nitrogens with one attached hydrogen (secondary N) is 1. The van der Waals surface area contributed by atoms with Crippen molar-refractivity contribution in [2.75, 3.05) is 37.4 Å². The standard InChI is InChI=1S/C17H26N4O2/c1-12(21-10-4-5-13(11-21)16(18)22)17(23)19-14-6-8-15(9-7-14)20(2)3/h6-9,12-13H,4-5,10-11H2,1-3H3,(H2,18,22)(H,19,23)/t12-,13+/m1/s1. The molecule has 0 saturated carbocycles. The number of benzene rings is 1. The lowest BCUT2D eigenvalue weighted by Crippen LogP contribution is -2.49. The van der Waals surface area contributed by atoms with E-state index in [0.29, 0.717) is 6.54 Å². The van der Waals surface area contributed by atoms with Crippen LogP contribution in [0.25, 0.3) is 0 Å². The summed E-state index contributed by atoms with van der Waals surface area (Å²) in [6, 6.07) is 7.42. The van der Waals surface area contributed by atoms with Gasteiger partial charge in [-0.2, -0.15) is 0 Å². The Morgan fingerprint density at radius 3 is 2.52 bits per heavy atom. The highest BCUT2D eigenvalue weighted by Gasteiger charge is 2.29. The summed E-state index contributed by atoms with van der Waals surface area (Å²) in [7, 11) is 3.95. The maximum Gasteiger partial charge on any atom is 0.241 e. The van der Waals surface area contributed by atoms with Crippen molar-refractivity contribution in [3.8, 4) is 0 Å². The van der Waals surface area contributed by atoms with E-state index in [4.69, 9.17) is 5.73 Å². The number of likely N-dealkylation sites (tertiary alicyclic amines) is 1. The predicted octanol–water partition coefficient (Wildman–Crippen LogP) is 1.28. The van der Waals surface area contributed by atoms with Gasteiger partial charge in [-0.1, -0.05) is 0 Å². The smallest absolute Gasteiger partial charge is 0.241 e. The summed E-state index contributed by atoms with van der Waals surface area (Å²) in [6.45, 7) is 3.24. The first-order valence-corrected chi connectivity index (χ1v) is 8.00. The number of hydrogen-bond donors (Lipinski definition) is 2. The summed E-state index contributed by atoms with van der Waals surface area (Å²) in [6.07, 6.45) is 1.70. The number of carbonyl (C=O) groups excluding carboxylic acids is 2. The Morgan fingerprint density at radius 1 is 1.30 bits per heavy atom. The monoisotopic (exact) mass is 318 g/mol. The minimum atomic E-state index is -0.286. The molecule has 0 aromatic heterocycles. The molecule has 0 radical (unpaired) electrons. The third-order valence-electron chi connectivity index (χ3n) is 4.43. The normalized spacial score (nSPS) is 19.9. The molecular formula is C17H26N4O2. The van der Waals surface area contributed by atoms with Crippen molar-refractivity contribution in [3.05, 3.63) is 24.3 Å². The zero-order valence-corrected chi connectivity index (χ0v) is 14.1. The molecule has 1 aliphatic rings. The number of hydrogen-bond acceptors (Lipinski definition) is 4. The summed E-state index contributed by atoms with van der Waals surface area (Å²) < 4.78 is 0. The summed E-state index contributed by atoms with van der Waals surface area (Å²) in [5.74, 6) is -0.493. The minimum Gasteiger partial charge on any atom is -0.378 e. The van der Waals surface area contributed by atoms with Crippen LogP contribution in [0.2, 0.25) is 0 Å². The molecule has 2 rings (SSSR count). The van der Waals surface area contributed by atoms with Crippen LogP contribution in [0.4, 0.5) is 11.4 Å². The number of nitrogens with zero attached hydrogens (tertiary/aromatic N) is 2. The molecule has 1 aromatic carbocycles. The molecule has 126 valence electrons. The molecule has 3 N–H and O–H groups in total. The lowest BCUT2D eigenvalue weighted by atomic mass is 9.96. The molecule has 0 unspecified atom stereocenters. The van der Waals surface area contributed by atoms with E-state index in [1.165, 1.54) is 0 Å². The molecule has 0 bridgehead atoms. The van der Waals surface area contributed by atoms with Crippen LogP contribution < -0.4 is 16.0 Å². The summed E-state index contributed by atoms with van der Waals surface area (Å²) in [4.78, 5) is 27.8. The first kappa shape index (κ1) is 17.3. The fraction of sp³-hybridized carbons (Fsp3) is 0.529. The van der Waals surface area contributed by atoms with E-state index in [1.807, 2.05) is 55.1 Å². The van der Waals surface area contributed by atoms with Crippen molar-refractivity contribution in [1.29, 1.82) is 0 Å². The number of anilines is 2. The van der Waals surface area contributed by atoms with Gasteiger partial charge < -0.3 is 16.0 Å². The third-order valence-corrected chi connectivity index (χ3v) is 4.43. The summed E-state index contributed by atoms with van der Waals surface area (Å²) in [5, 5.41) is 2.93. The fourth-order valence-electron chi connectivity index (χ4n) is 2.85. The molecule has 1 aromatic rings. The highest BCUT2D eigenvalue weighted by Crippen LogP contribution is 2.20. The number of piperidine rings is 1. The SMILES string of the molecule is C[C@H](C(=O)Nc1ccc(N(C)C)cc1)N1CCC[C@H](C(N)=O)C1. The Balaban J connectivity index is 1.95. The van der Waals surface area contributed by atoms with Crippen molar-refractivity contribution in [3.63, 3.8) is 0 Å². The van der Waals surface area contributed by atoms with Crippen LogP contribution in [-0.2, 0) is 9.59 Å². The molecule has 0 spiro atoms. The van der Waals surface area contributed by atoms with Gasteiger partial charge in [0.2, 0.25) is 11.8 Å². The van der Waals surface area contributed by atoms with Gasteiger partial charge in [-0.15, -0.1) is 0 Å². The highest BCUT2D eigenvalue weighted by molar-refractivity contribution is 5.94. The van der Waals surface area contributed by atoms with Crippen LogP contribution >= 0.6 is 0 Å². The van der Waals surface area contributed by atoms with Gasteiger partial charge >= 0.3 is 0 Å². The van der Waals surface area contributed by atoms with E-state index in [0.717, 1.165) is 30.8 Å². The molecular weight excluding hydrogens is 292 g/mol. The maximum absolute atomic E-state index is 12.4. The van der Waals surface area contributed by atoms with Gasteiger partial charge in [-0.3, -0.25) is 14.5 Å². The average Bonchev–Trinajstić information content (AvgIpc) is 2.54. The van der Waals surface area contributed by atoms with E-state index in [9.17, 15) is 9.59 Å². The minimum absolute atomic E-state index is 0.0623. The van der Waals surface area contributed by atoms with Gasteiger partial charge in [0.1, 0.15) is 0 Å². The van der Waals surface area contributed by atoms with Gasteiger partial charge in [0, 0.05) is 32.0 Å². The quantitative estimate of drug-likeness (QED) is 0.857. The van der Waals surface area contributed by atoms with Crippen LogP contribution in [0.3, 0.4) is 0 Å². The summed E-state index contributed by atoms with van der Waals surface area (Å²) in [5.41, 5.74) is 7.25. The van der Waals surface area contributed by atoms with Gasteiger partial charge in [0.15, 0.2) is 0 Å². The number of carbonyl (C=O) groups is 2. The van der Waals surface area contributed by atoms with Gasteiger partial charge in [-0.05, 0) is 50.6 Å². The second-order valence-corrected chi connectivity index (χ2v) is 6.34. The van der Waals surface area contributed by atoms with E-state index < -0.39 is 0 Å². The Morgan fingerprint density at radius 2 is 1.96 bits per heavy atom. The van der Waals surface area contributed by atoms with Crippen LogP contribution in [0.5, 0.6) is 0 Å². The van der Waals surface area contributed by atoms with Crippen LogP contribution in [0.15, 0.2) is 24.3 Å². The van der Waals surface area contributed by atoms with Gasteiger partial charge in [0.05, 0.1) is 12.0 Å². The Labute approximate surface area is 137 Å². The largest absolute Gasteiger partial charge is 0.378 e. The van der Waals surface area contributed by atoms with Crippen LogP contribution in [-0.4, -0.2) is 49.9 Å². The molecule has 2 atom stereocenters. The molecule has 6 heteroatoms. The maximum atomic E-state index is 12.4. The highest BCUT2D eigenvalue weighted by atomic mass is 16.2. The van der Waals surface area contributed by atoms with Crippen molar-refractivity contribution in [2.24, 2.45) is 11.7 Å². The van der Waals surface area contributed by atoms with Crippen LogP contribution in [0, 0.1) is 5.92 Å². The summed E-state index contributed by atoms with van der Waals surface area (Å²) >= 11 is 0. The molecule has 23 heavy (non-hydrogen) atoms.